The van der Waals surface area contributed by atoms with E-state index in [2.05, 4.69) is 20.3 Å². The molecule has 2 aromatic rings. The minimum Gasteiger partial charge on any atom is -0.494 e. The SMILES string of the molecule is NC(=O)c1n[nH]nc1-c1ccc(OCCCN2CCOCC2)cc1. The molecular weight excluding hydrogens is 310 g/mol. The second-order valence-electron chi connectivity index (χ2n) is 5.57. The quantitative estimate of drug-likeness (QED) is 0.722. The van der Waals surface area contributed by atoms with Gasteiger partial charge in [-0.1, -0.05) is 0 Å². The fourth-order valence-corrected chi connectivity index (χ4v) is 2.62. The summed E-state index contributed by atoms with van der Waals surface area (Å²) < 4.78 is 11.1. The molecule has 0 saturated carbocycles. The third-order valence-electron chi connectivity index (χ3n) is 3.90. The van der Waals surface area contributed by atoms with E-state index in [0.717, 1.165) is 50.6 Å². The molecular formula is C16H21N5O3. The predicted molar refractivity (Wildman–Crippen MR) is 87.7 cm³/mol. The number of hydrogen-bond acceptors (Lipinski definition) is 6. The van der Waals surface area contributed by atoms with Crippen LogP contribution in [0.4, 0.5) is 0 Å². The van der Waals surface area contributed by atoms with Crippen LogP contribution in [0.3, 0.4) is 0 Å². The van der Waals surface area contributed by atoms with Crippen LogP contribution in [0.15, 0.2) is 24.3 Å². The van der Waals surface area contributed by atoms with Crippen molar-refractivity contribution in [2.75, 3.05) is 39.5 Å². The number of nitrogens with two attached hydrogens (primary N) is 1. The van der Waals surface area contributed by atoms with Gasteiger partial charge in [-0.25, -0.2) is 0 Å². The number of aromatic nitrogens is 3. The van der Waals surface area contributed by atoms with E-state index in [0.29, 0.717) is 12.3 Å². The van der Waals surface area contributed by atoms with E-state index in [1.807, 2.05) is 24.3 Å². The zero-order valence-electron chi connectivity index (χ0n) is 13.4. The van der Waals surface area contributed by atoms with Crippen LogP contribution in [0.5, 0.6) is 5.75 Å². The van der Waals surface area contributed by atoms with Gasteiger partial charge in [0.1, 0.15) is 11.4 Å². The first kappa shape index (κ1) is 16.4. The Morgan fingerprint density at radius 1 is 1.25 bits per heavy atom. The number of carbonyl (C=O) groups excluding carboxylic acids is 1. The lowest BCUT2D eigenvalue weighted by Gasteiger charge is -2.26. The second-order valence-corrected chi connectivity index (χ2v) is 5.57. The first-order valence-corrected chi connectivity index (χ1v) is 7.98. The van der Waals surface area contributed by atoms with Crippen LogP contribution in [0.2, 0.25) is 0 Å². The topological polar surface area (TPSA) is 106 Å². The van der Waals surface area contributed by atoms with Crippen molar-refractivity contribution >= 4 is 5.91 Å². The lowest BCUT2D eigenvalue weighted by molar-refractivity contribution is 0.0358. The molecule has 1 aromatic carbocycles. The largest absolute Gasteiger partial charge is 0.494 e. The van der Waals surface area contributed by atoms with Crippen LogP contribution in [-0.4, -0.2) is 65.7 Å². The number of nitrogens with one attached hydrogen (secondary N) is 1. The third-order valence-corrected chi connectivity index (χ3v) is 3.90. The fraction of sp³-hybridized carbons (Fsp3) is 0.438. The zero-order chi connectivity index (χ0) is 16.8. The van der Waals surface area contributed by atoms with Gasteiger partial charge in [0, 0.05) is 25.2 Å². The molecule has 0 unspecified atom stereocenters. The van der Waals surface area contributed by atoms with Crippen LogP contribution >= 0.6 is 0 Å². The van der Waals surface area contributed by atoms with Crippen molar-refractivity contribution in [1.29, 1.82) is 0 Å². The number of hydrogen-bond donors (Lipinski definition) is 2. The molecule has 1 saturated heterocycles. The van der Waals surface area contributed by atoms with Gasteiger partial charge in [0.2, 0.25) is 0 Å². The molecule has 8 heteroatoms. The maximum absolute atomic E-state index is 11.3. The maximum Gasteiger partial charge on any atom is 0.271 e. The molecule has 0 bridgehead atoms. The Balaban J connectivity index is 1.49. The van der Waals surface area contributed by atoms with Crippen LogP contribution < -0.4 is 10.5 Å². The van der Waals surface area contributed by atoms with Crippen LogP contribution in [0.1, 0.15) is 16.9 Å². The van der Waals surface area contributed by atoms with Gasteiger partial charge in [0.25, 0.3) is 5.91 Å². The van der Waals surface area contributed by atoms with Crippen molar-refractivity contribution in [3.05, 3.63) is 30.0 Å². The number of ether oxygens (including phenoxy) is 2. The Labute approximate surface area is 139 Å². The van der Waals surface area contributed by atoms with Gasteiger partial charge in [0.05, 0.1) is 19.8 Å². The van der Waals surface area contributed by atoms with Crippen molar-refractivity contribution in [3.8, 4) is 17.0 Å². The highest BCUT2D eigenvalue weighted by molar-refractivity contribution is 5.96. The lowest BCUT2D eigenvalue weighted by Crippen LogP contribution is -2.37. The molecule has 0 spiro atoms. The smallest absolute Gasteiger partial charge is 0.271 e. The molecule has 0 aliphatic carbocycles. The Kier molecular flexibility index (Phi) is 5.39. The first-order valence-electron chi connectivity index (χ1n) is 7.98. The molecule has 8 nitrogen and oxygen atoms in total. The van der Waals surface area contributed by atoms with Crippen molar-refractivity contribution in [2.45, 2.75) is 6.42 Å². The average Bonchev–Trinajstić information content (AvgIpc) is 3.10. The van der Waals surface area contributed by atoms with Gasteiger partial charge in [-0.2, -0.15) is 15.4 Å². The Hall–Kier alpha value is -2.45. The minimum absolute atomic E-state index is 0.133. The van der Waals surface area contributed by atoms with E-state index in [1.165, 1.54) is 0 Å². The molecule has 0 radical (unpaired) electrons. The molecule has 1 amide bonds. The summed E-state index contributed by atoms with van der Waals surface area (Å²) in [6, 6.07) is 7.37. The van der Waals surface area contributed by atoms with Gasteiger partial charge in [-0.3, -0.25) is 9.69 Å². The van der Waals surface area contributed by atoms with Gasteiger partial charge in [-0.15, -0.1) is 0 Å². The number of morpholine rings is 1. The molecule has 3 N–H and O–H groups in total. The molecule has 1 aliphatic heterocycles. The molecule has 0 atom stereocenters. The predicted octanol–water partition coefficient (Wildman–Crippen LogP) is 0.672. The molecule has 2 heterocycles. The van der Waals surface area contributed by atoms with E-state index in [9.17, 15) is 4.79 Å². The van der Waals surface area contributed by atoms with Crippen LogP contribution in [0.25, 0.3) is 11.3 Å². The number of rotatable bonds is 7. The number of amides is 1. The number of carbonyl (C=O) groups is 1. The standard InChI is InChI=1S/C16H21N5O3/c17-16(22)15-14(18-20-19-15)12-2-4-13(5-3-12)24-9-1-6-21-7-10-23-11-8-21/h2-5H,1,6-11H2,(H2,17,22)(H,18,19,20). The highest BCUT2D eigenvalue weighted by Crippen LogP contribution is 2.22. The van der Waals surface area contributed by atoms with Gasteiger partial charge in [-0.05, 0) is 30.7 Å². The van der Waals surface area contributed by atoms with Crippen LogP contribution in [0, 0.1) is 0 Å². The van der Waals surface area contributed by atoms with E-state index in [4.69, 9.17) is 15.2 Å². The number of primary amides is 1. The van der Waals surface area contributed by atoms with E-state index in [1.54, 1.807) is 0 Å². The Morgan fingerprint density at radius 3 is 2.71 bits per heavy atom. The molecule has 1 fully saturated rings. The van der Waals surface area contributed by atoms with Crippen molar-refractivity contribution < 1.29 is 14.3 Å². The summed E-state index contributed by atoms with van der Waals surface area (Å²) in [7, 11) is 0. The maximum atomic E-state index is 11.3. The minimum atomic E-state index is -0.609. The summed E-state index contributed by atoms with van der Waals surface area (Å²) in [6.07, 6.45) is 0.969. The summed E-state index contributed by atoms with van der Waals surface area (Å²) in [6.45, 7) is 5.30. The van der Waals surface area contributed by atoms with Crippen molar-refractivity contribution in [2.24, 2.45) is 5.73 Å². The van der Waals surface area contributed by atoms with Gasteiger partial charge >= 0.3 is 0 Å². The summed E-state index contributed by atoms with van der Waals surface area (Å²) >= 11 is 0. The normalized spacial score (nSPS) is 15.3. The number of benzene rings is 1. The summed E-state index contributed by atoms with van der Waals surface area (Å²) in [5.74, 6) is 0.173. The second kappa shape index (κ2) is 7.89. The molecule has 1 aliphatic rings. The van der Waals surface area contributed by atoms with Crippen molar-refractivity contribution in [1.82, 2.24) is 20.3 Å². The van der Waals surface area contributed by atoms with E-state index >= 15 is 0 Å². The molecule has 1 aromatic heterocycles. The zero-order valence-corrected chi connectivity index (χ0v) is 13.4. The summed E-state index contributed by atoms with van der Waals surface area (Å²) in [5.41, 5.74) is 6.61. The molecule has 24 heavy (non-hydrogen) atoms. The third kappa shape index (κ3) is 4.09. The summed E-state index contributed by atoms with van der Waals surface area (Å²) in [5, 5.41) is 10.2. The Bertz CT molecular complexity index is 665. The van der Waals surface area contributed by atoms with Crippen LogP contribution in [-0.2, 0) is 4.74 Å². The van der Waals surface area contributed by atoms with E-state index in [-0.39, 0.29) is 5.69 Å². The molecule has 128 valence electrons. The average molecular weight is 331 g/mol. The number of nitrogens with zero attached hydrogens (tertiary/aromatic N) is 3. The highest BCUT2D eigenvalue weighted by Gasteiger charge is 2.15. The summed E-state index contributed by atoms with van der Waals surface area (Å²) in [4.78, 5) is 13.7. The number of aromatic amines is 1. The lowest BCUT2D eigenvalue weighted by atomic mass is 10.1. The monoisotopic (exact) mass is 331 g/mol. The highest BCUT2D eigenvalue weighted by atomic mass is 16.5. The molecule has 3 rings (SSSR count). The fourth-order valence-electron chi connectivity index (χ4n) is 2.62. The van der Waals surface area contributed by atoms with Crippen molar-refractivity contribution in [3.63, 3.8) is 0 Å². The van der Waals surface area contributed by atoms with E-state index < -0.39 is 5.91 Å². The number of H-pyrrole nitrogens is 1. The first-order chi connectivity index (χ1) is 11.7. The Morgan fingerprint density at radius 2 is 2.00 bits per heavy atom. The van der Waals surface area contributed by atoms with Gasteiger partial charge < -0.3 is 15.2 Å². The van der Waals surface area contributed by atoms with Gasteiger partial charge in [0.15, 0.2) is 5.69 Å².